The Labute approximate surface area is 159 Å². The molecule has 0 aromatic heterocycles. The van der Waals surface area contributed by atoms with E-state index in [1.54, 1.807) is 30.3 Å². The molecule has 0 heterocycles. The van der Waals surface area contributed by atoms with E-state index in [1.807, 2.05) is 0 Å². The number of urea groups is 1. The Bertz CT molecular complexity index is 833. The molecule has 0 bridgehead atoms. The lowest BCUT2D eigenvalue weighted by atomic mass is 10.3. The van der Waals surface area contributed by atoms with Crippen molar-refractivity contribution in [2.75, 3.05) is 17.2 Å². The van der Waals surface area contributed by atoms with Gasteiger partial charge in [0.1, 0.15) is 11.9 Å². The molecule has 0 radical (unpaired) electrons. The highest BCUT2D eigenvalue weighted by Gasteiger charge is 2.18. The quantitative estimate of drug-likeness (QED) is 0.657. The molecule has 0 fully saturated rings. The van der Waals surface area contributed by atoms with Crippen molar-refractivity contribution in [2.24, 2.45) is 0 Å². The lowest BCUT2D eigenvalue weighted by Gasteiger charge is -2.14. The normalized spacial score (nSPS) is 11.2. The van der Waals surface area contributed by atoms with E-state index >= 15 is 0 Å². The van der Waals surface area contributed by atoms with Crippen LogP contribution in [0.15, 0.2) is 48.5 Å². The lowest BCUT2D eigenvalue weighted by molar-refractivity contribution is -0.148. The van der Waals surface area contributed by atoms with Crippen LogP contribution in [0.1, 0.15) is 6.92 Å². The van der Waals surface area contributed by atoms with Gasteiger partial charge in [0.05, 0.1) is 5.69 Å². The summed E-state index contributed by atoms with van der Waals surface area (Å²) in [5, 5.41) is 7.37. The SMILES string of the molecule is C[C@H](NC(=O)Nc1ccccc1)C(=O)OCC(=O)Nc1ccc(Cl)cc1F. The highest BCUT2D eigenvalue weighted by atomic mass is 35.5. The Kier molecular flexibility index (Phi) is 7.13. The van der Waals surface area contributed by atoms with E-state index in [2.05, 4.69) is 16.0 Å². The summed E-state index contributed by atoms with van der Waals surface area (Å²) in [6.45, 7) is 0.775. The zero-order valence-corrected chi connectivity index (χ0v) is 15.0. The van der Waals surface area contributed by atoms with Crippen LogP contribution in [0, 0.1) is 5.82 Å². The van der Waals surface area contributed by atoms with Crippen molar-refractivity contribution >= 4 is 40.9 Å². The minimum atomic E-state index is -0.992. The summed E-state index contributed by atoms with van der Waals surface area (Å²) in [5.74, 6) is -2.26. The Morgan fingerprint density at radius 2 is 1.81 bits per heavy atom. The van der Waals surface area contributed by atoms with Gasteiger partial charge < -0.3 is 20.7 Å². The molecule has 0 unspecified atom stereocenters. The molecule has 3 amide bonds. The number of ether oxygens (including phenoxy) is 1. The second-order valence-corrected chi connectivity index (χ2v) is 5.90. The fourth-order valence-corrected chi connectivity index (χ4v) is 2.14. The number of para-hydroxylation sites is 1. The number of rotatable bonds is 6. The van der Waals surface area contributed by atoms with Gasteiger partial charge in [-0.15, -0.1) is 0 Å². The van der Waals surface area contributed by atoms with Crippen molar-refractivity contribution in [1.29, 1.82) is 0 Å². The van der Waals surface area contributed by atoms with Gasteiger partial charge in [0.2, 0.25) is 0 Å². The molecule has 1 atom stereocenters. The van der Waals surface area contributed by atoms with Gasteiger partial charge in [-0.1, -0.05) is 29.8 Å². The van der Waals surface area contributed by atoms with Crippen molar-refractivity contribution in [1.82, 2.24) is 5.32 Å². The number of amides is 3. The first-order valence-corrected chi connectivity index (χ1v) is 8.27. The molecule has 3 N–H and O–H groups in total. The predicted octanol–water partition coefficient (Wildman–Crippen LogP) is 3.17. The van der Waals surface area contributed by atoms with Crippen LogP contribution in [0.3, 0.4) is 0 Å². The summed E-state index contributed by atoms with van der Waals surface area (Å²) in [6, 6.07) is 10.8. The van der Waals surface area contributed by atoms with E-state index in [1.165, 1.54) is 19.1 Å². The average molecular weight is 394 g/mol. The third-order valence-corrected chi connectivity index (χ3v) is 3.52. The van der Waals surface area contributed by atoms with E-state index < -0.39 is 36.4 Å². The number of anilines is 2. The van der Waals surface area contributed by atoms with Crippen molar-refractivity contribution in [3.8, 4) is 0 Å². The van der Waals surface area contributed by atoms with Crippen molar-refractivity contribution in [3.05, 3.63) is 59.4 Å². The van der Waals surface area contributed by atoms with Crippen molar-refractivity contribution in [3.63, 3.8) is 0 Å². The zero-order chi connectivity index (χ0) is 19.8. The molecule has 9 heteroatoms. The van der Waals surface area contributed by atoms with Gasteiger partial charge in [-0.25, -0.2) is 14.0 Å². The number of nitrogens with one attached hydrogen (secondary N) is 3. The first-order chi connectivity index (χ1) is 12.8. The maximum absolute atomic E-state index is 13.6. The second kappa shape index (κ2) is 9.54. The minimum absolute atomic E-state index is 0.0890. The van der Waals surface area contributed by atoms with Crippen LogP contribution >= 0.6 is 11.6 Å². The Balaban J connectivity index is 1.76. The Hall–Kier alpha value is -3.13. The predicted molar refractivity (Wildman–Crippen MR) is 99.1 cm³/mol. The summed E-state index contributed by atoms with van der Waals surface area (Å²) in [4.78, 5) is 35.4. The average Bonchev–Trinajstić information content (AvgIpc) is 2.62. The van der Waals surface area contributed by atoms with Gasteiger partial charge in [0.25, 0.3) is 5.91 Å². The van der Waals surface area contributed by atoms with Gasteiger partial charge in [-0.05, 0) is 37.3 Å². The summed E-state index contributed by atoms with van der Waals surface area (Å²) >= 11 is 5.62. The largest absolute Gasteiger partial charge is 0.454 e. The third kappa shape index (κ3) is 6.59. The molecule has 2 aromatic carbocycles. The number of halogens is 2. The molecule has 7 nitrogen and oxygen atoms in total. The van der Waals surface area contributed by atoms with Crippen molar-refractivity contribution in [2.45, 2.75) is 13.0 Å². The first-order valence-electron chi connectivity index (χ1n) is 7.89. The second-order valence-electron chi connectivity index (χ2n) is 5.47. The molecular formula is C18H17ClFN3O4. The lowest BCUT2D eigenvalue weighted by Crippen LogP contribution is -2.42. The Morgan fingerprint density at radius 1 is 1.11 bits per heavy atom. The molecule has 0 aliphatic heterocycles. The van der Waals surface area contributed by atoms with Gasteiger partial charge in [0, 0.05) is 10.7 Å². The molecule has 0 aliphatic carbocycles. The van der Waals surface area contributed by atoms with Crippen LogP contribution in [-0.2, 0) is 14.3 Å². The number of benzene rings is 2. The van der Waals surface area contributed by atoms with Gasteiger partial charge in [-0.3, -0.25) is 4.79 Å². The highest BCUT2D eigenvalue weighted by Crippen LogP contribution is 2.18. The molecule has 0 saturated heterocycles. The van der Waals surface area contributed by atoms with E-state index in [0.717, 1.165) is 6.07 Å². The van der Waals surface area contributed by atoms with Gasteiger partial charge in [0.15, 0.2) is 6.61 Å². The molecule has 27 heavy (non-hydrogen) atoms. The van der Waals surface area contributed by atoms with Crippen LogP contribution in [0.5, 0.6) is 0 Å². The van der Waals surface area contributed by atoms with E-state index in [0.29, 0.717) is 5.69 Å². The van der Waals surface area contributed by atoms with Crippen LogP contribution in [0.25, 0.3) is 0 Å². The molecule has 2 rings (SSSR count). The molecule has 0 spiro atoms. The standard InChI is InChI=1S/C18H17ClFN3O4/c1-11(21-18(26)22-13-5-3-2-4-6-13)17(25)27-10-16(24)23-15-8-7-12(19)9-14(15)20/h2-9,11H,10H2,1H3,(H,23,24)(H2,21,22,26)/t11-/m0/s1. The summed E-state index contributed by atoms with van der Waals surface area (Å²) < 4.78 is 18.4. The topological polar surface area (TPSA) is 96.5 Å². The fraction of sp³-hybridized carbons (Fsp3) is 0.167. The molecule has 0 aliphatic rings. The zero-order valence-electron chi connectivity index (χ0n) is 14.3. The maximum atomic E-state index is 13.6. The van der Waals surface area contributed by atoms with E-state index in [-0.39, 0.29) is 10.7 Å². The number of carbonyl (C=O) groups excluding carboxylic acids is 3. The van der Waals surface area contributed by atoms with Gasteiger partial charge in [-0.2, -0.15) is 0 Å². The number of hydrogen-bond acceptors (Lipinski definition) is 4. The van der Waals surface area contributed by atoms with Crippen LogP contribution in [0.2, 0.25) is 5.02 Å². The summed E-state index contributed by atoms with van der Waals surface area (Å²) in [7, 11) is 0. The van der Waals surface area contributed by atoms with Gasteiger partial charge >= 0.3 is 12.0 Å². The summed E-state index contributed by atoms with van der Waals surface area (Å²) in [5.41, 5.74) is 0.466. The third-order valence-electron chi connectivity index (χ3n) is 3.28. The van der Waals surface area contributed by atoms with Crippen LogP contribution in [-0.4, -0.2) is 30.6 Å². The fourth-order valence-electron chi connectivity index (χ4n) is 1.98. The smallest absolute Gasteiger partial charge is 0.328 e. The first kappa shape index (κ1) is 20.2. The number of carbonyl (C=O) groups is 3. The molecule has 0 saturated carbocycles. The summed E-state index contributed by atoms with van der Waals surface area (Å²) in [6.07, 6.45) is 0. The van der Waals surface area contributed by atoms with Crippen LogP contribution in [0.4, 0.5) is 20.6 Å². The van der Waals surface area contributed by atoms with Crippen molar-refractivity contribution < 1.29 is 23.5 Å². The number of hydrogen-bond donors (Lipinski definition) is 3. The molecular weight excluding hydrogens is 377 g/mol. The van der Waals surface area contributed by atoms with Crippen LogP contribution < -0.4 is 16.0 Å². The van der Waals surface area contributed by atoms with E-state index in [9.17, 15) is 18.8 Å². The monoisotopic (exact) mass is 393 g/mol. The maximum Gasteiger partial charge on any atom is 0.328 e. The molecule has 2 aromatic rings. The number of esters is 1. The molecule has 142 valence electrons. The highest BCUT2D eigenvalue weighted by molar-refractivity contribution is 6.30. The van der Waals surface area contributed by atoms with E-state index in [4.69, 9.17) is 16.3 Å². The minimum Gasteiger partial charge on any atom is -0.454 e. The Morgan fingerprint density at radius 3 is 2.48 bits per heavy atom.